The van der Waals surface area contributed by atoms with Gasteiger partial charge < -0.3 is 29.7 Å². The van der Waals surface area contributed by atoms with Gasteiger partial charge in [0.1, 0.15) is 17.6 Å². The first-order valence-corrected chi connectivity index (χ1v) is 18.5. The second kappa shape index (κ2) is 14.5. The van der Waals surface area contributed by atoms with Crippen LogP contribution in [0.2, 0.25) is 0 Å². The van der Waals surface area contributed by atoms with Gasteiger partial charge >= 0.3 is 6.09 Å². The number of hydrogen-bond donors (Lipinski definition) is 3. The van der Waals surface area contributed by atoms with E-state index < -0.39 is 74.8 Å². The van der Waals surface area contributed by atoms with Crippen LogP contribution in [-0.4, -0.2) is 92.0 Å². The lowest BCUT2D eigenvalue weighted by Crippen LogP contribution is -2.58. The van der Waals surface area contributed by atoms with Gasteiger partial charge in [0, 0.05) is 25.5 Å². The quantitative estimate of drug-likeness (QED) is 0.352. The summed E-state index contributed by atoms with van der Waals surface area (Å²) >= 11 is 0. The third-order valence-electron chi connectivity index (χ3n) is 9.46. The molecular formula is C35H44N4O9S. The van der Waals surface area contributed by atoms with Crippen LogP contribution in [0.5, 0.6) is 0 Å². The third kappa shape index (κ3) is 8.08. The lowest BCUT2D eigenvalue weighted by molar-refractivity contribution is -0.141. The molecular weight excluding hydrogens is 652 g/mol. The molecule has 2 aromatic rings. The molecule has 264 valence electrons. The molecule has 2 aliphatic heterocycles. The Labute approximate surface area is 286 Å². The summed E-state index contributed by atoms with van der Waals surface area (Å²) in [6.07, 6.45) is 3.71. The van der Waals surface area contributed by atoms with Crippen molar-refractivity contribution in [3.05, 3.63) is 60.2 Å². The Morgan fingerprint density at radius 2 is 1.88 bits per heavy atom. The summed E-state index contributed by atoms with van der Waals surface area (Å²) in [5, 5.41) is 6.98. The number of nitrogens with zero attached hydrogens (tertiary/aromatic N) is 1. The number of rotatable bonds is 8. The average molecular weight is 697 g/mol. The van der Waals surface area contributed by atoms with E-state index in [9.17, 15) is 27.6 Å². The second-order valence-corrected chi connectivity index (χ2v) is 15.5. The van der Waals surface area contributed by atoms with Crippen LogP contribution in [0.4, 0.5) is 4.79 Å². The SMILES string of the molecule is CC(C)OC(=O)N[C@H]1CCCOC/C=C\[C@@H]2C[C@@]2(C(=O)NS(=O)(=O)C2CC2)NC(=O)[C@@H]2C[C@@H](OCc3cccc4ccccc34)CN2C1=O. The van der Waals surface area contributed by atoms with Gasteiger partial charge in [-0.05, 0) is 62.3 Å². The molecule has 5 atom stereocenters. The fraction of sp³-hybridized carbons (Fsp3) is 0.543. The number of hydrogen-bond acceptors (Lipinski definition) is 9. The second-order valence-electron chi connectivity index (χ2n) is 13.6. The fourth-order valence-corrected chi connectivity index (χ4v) is 7.98. The van der Waals surface area contributed by atoms with Crippen molar-refractivity contribution in [3.8, 4) is 0 Å². The Morgan fingerprint density at radius 3 is 2.65 bits per heavy atom. The molecule has 4 aliphatic rings. The predicted octanol–water partition coefficient (Wildman–Crippen LogP) is 2.68. The molecule has 1 saturated heterocycles. The molecule has 49 heavy (non-hydrogen) atoms. The first kappa shape index (κ1) is 34.8. The van der Waals surface area contributed by atoms with E-state index in [1.165, 1.54) is 4.90 Å². The maximum Gasteiger partial charge on any atom is 0.408 e. The van der Waals surface area contributed by atoms with Gasteiger partial charge in [0.2, 0.25) is 21.8 Å². The van der Waals surface area contributed by atoms with Gasteiger partial charge in [-0.1, -0.05) is 54.6 Å². The highest BCUT2D eigenvalue weighted by Crippen LogP contribution is 2.46. The van der Waals surface area contributed by atoms with Gasteiger partial charge in [0.25, 0.3) is 5.91 Å². The molecule has 0 aromatic heterocycles. The van der Waals surface area contributed by atoms with E-state index in [0.717, 1.165) is 16.3 Å². The van der Waals surface area contributed by atoms with Crippen molar-refractivity contribution in [2.45, 2.75) is 94.1 Å². The van der Waals surface area contributed by atoms with Gasteiger partial charge in [-0.25, -0.2) is 13.2 Å². The van der Waals surface area contributed by atoms with E-state index in [-0.39, 0.29) is 39.0 Å². The summed E-state index contributed by atoms with van der Waals surface area (Å²) in [4.78, 5) is 56.0. The van der Waals surface area contributed by atoms with Crippen LogP contribution < -0.4 is 15.4 Å². The molecule has 14 heteroatoms. The Morgan fingerprint density at radius 1 is 1.10 bits per heavy atom. The van der Waals surface area contributed by atoms with Crippen LogP contribution in [0, 0.1) is 5.92 Å². The summed E-state index contributed by atoms with van der Waals surface area (Å²) in [6, 6.07) is 11.8. The van der Waals surface area contributed by atoms with Crippen LogP contribution in [0.25, 0.3) is 10.8 Å². The minimum Gasteiger partial charge on any atom is -0.447 e. The van der Waals surface area contributed by atoms with E-state index >= 15 is 0 Å². The maximum atomic E-state index is 14.2. The van der Waals surface area contributed by atoms with Crippen LogP contribution in [-0.2, 0) is 45.2 Å². The number of benzene rings is 2. The lowest BCUT2D eigenvalue weighted by atomic mass is 10.1. The molecule has 6 rings (SSSR count). The van der Waals surface area contributed by atoms with E-state index in [1.54, 1.807) is 26.0 Å². The van der Waals surface area contributed by atoms with Crippen molar-refractivity contribution in [1.29, 1.82) is 0 Å². The van der Waals surface area contributed by atoms with Crippen molar-refractivity contribution < 1.29 is 41.8 Å². The molecule has 0 bridgehead atoms. The van der Waals surface area contributed by atoms with E-state index in [2.05, 4.69) is 15.4 Å². The molecule has 0 unspecified atom stereocenters. The zero-order valence-electron chi connectivity index (χ0n) is 27.8. The fourth-order valence-electron chi connectivity index (χ4n) is 6.61. The lowest BCUT2D eigenvalue weighted by Gasteiger charge is -2.30. The van der Waals surface area contributed by atoms with Crippen LogP contribution in [0.15, 0.2) is 54.6 Å². The van der Waals surface area contributed by atoms with Gasteiger partial charge in [-0.15, -0.1) is 0 Å². The standard InChI is InChI=1S/C35H44N4O9S/c1-22(2)48-34(43)36-29-13-7-17-46-16-6-11-25-19-35(25,33(42)38-49(44,45)27-14-15-27)37-31(40)30-18-26(20-39(30)32(29)41)47-21-24-10-5-9-23-8-3-4-12-28(23)24/h3-6,8-12,22,25-27,29-30H,7,13-21H2,1-2H3,(H,36,43)(H,37,40)(H,38,42)/b11-6-/t25-,26-,29+,30+,35-/m1/s1. The number of amides is 4. The maximum absolute atomic E-state index is 14.2. The number of ether oxygens (including phenoxy) is 3. The van der Waals surface area contributed by atoms with E-state index in [0.29, 0.717) is 25.9 Å². The number of carbonyl (C=O) groups excluding carboxylic acids is 4. The van der Waals surface area contributed by atoms with Gasteiger partial charge in [-0.2, -0.15) is 0 Å². The molecule has 2 heterocycles. The van der Waals surface area contributed by atoms with Gasteiger partial charge in [0.05, 0.1) is 30.7 Å². The first-order valence-electron chi connectivity index (χ1n) is 16.9. The van der Waals surface area contributed by atoms with Crippen LogP contribution in [0.1, 0.15) is 57.9 Å². The monoisotopic (exact) mass is 696 g/mol. The Balaban J connectivity index is 1.26. The molecule has 13 nitrogen and oxygen atoms in total. The van der Waals surface area contributed by atoms with Crippen LogP contribution >= 0.6 is 0 Å². The number of alkyl carbamates (subject to hydrolysis) is 1. The Hall–Kier alpha value is -4.01. The van der Waals surface area contributed by atoms with Crippen molar-refractivity contribution in [1.82, 2.24) is 20.3 Å². The summed E-state index contributed by atoms with van der Waals surface area (Å²) in [6.45, 7) is 4.21. The zero-order chi connectivity index (χ0) is 34.8. The molecule has 3 N–H and O–H groups in total. The largest absolute Gasteiger partial charge is 0.447 e. The molecule has 3 fully saturated rings. The highest BCUT2D eigenvalue weighted by molar-refractivity contribution is 7.91. The normalized spacial score (nSPS) is 28.4. The van der Waals surface area contributed by atoms with Crippen molar-refractivity contribution in [2.75, 3.05) is 19.8 Å². The van der Waals surface area contributed by atoms with Crippen molar-refractivity contribution >= 4 is 44.6 Å². The molecule has 2 saturated carbocycles. The summed E-state index contributed by atoms with van der Waals surface area (Å²) in [5.41, 5.74) is -0.556. The number of fused-ring (bicyclic) bond motifs is 3. The molecule has 4 amide bonds. The van der Waals surface area contributed by atoms with E-state index in [4.69, 9.17) is 14.2 Å². The minimum atomic E-state index is -3.88. The van der Waals surface area contributed by atoms with E-state index in [1.807, 2.05) is 42.5 Å². The molecule has 0 spiro atoms. The van der Waals surface area contributed by atoms with Gasteiger partial charge in [0.15, 0.2) is 0 Å². The number of carbonyl (C=O) groups is 4. The van der Waals surface area contributed by atoms with Crippen molar-refractivity contribution in [2.24, 2.45) is 5.92 Å². The highest BCUT2D eigenvalue weighted by atomic mass is 32.2. The minimum absolute atomic E-state index is 0.0637. The highest BCUT2D eigenvalue weighted by Gasteiger charge is 2.62. The summed E-state index contributed by atoms with van der Waals surface area (Å²) in [7, 11) is -3.88. The number of sulfonamides is 1. The molecule has 2 aromatic carbocycles. The Kier molecular flexibility index (Phi) is 10.3. The van der Waals surface area contributed by atoms with Crippen LogP contribution in [0.3, 0.4) is 0 Å². The Bertz CT molecular complexity index is 1720. The average Bonchev–Trinajstić information content (AvgIpc) is 3.98. The molecule has 2 aliphatic carbocycles. The third-order valence-corrected chi connectivity index (χ3v) is 11.3. The summed E-state index contributed by atoms with van der Waals surface area (Å²) in [5.74, 6) is -2.37. The smallest absolute Gasteiger partial charge is 0.408 e. The first-order chi connectivity index (χ1) is 23.5. The zero-order valence-corrected chi connectivity index (χ0v) is 28.6. The summed E-state index contributed by atoms with van der Waals surface area (Å²) < 4.78 is 45.0. The molecule has 0 radical (unpaired) electrons. The predicted molar refractivity (Wildman–Crippen MR) is 179 cm³/mol. The van der Waals surface area contributed by atoms with Gasteiger partial charge in [-0.3, -0.25) is 19.1 Å². The number of nitrogens with one attached hydrogen (secondary N) is 3. The van der Waals surface area contributed by atoms with Crippen molar-refractivity contribution in [3.63, 3.8) is 0 Å². The topological polar surface area (TPSA) is 169 Å².